The maximum Gasteiger partial charge on any atom is 0.343 e. The van der Waals surface area contributed by atoms with Crippen LogP contribution in [0, 0.1) is 0 Å². The predicted molar refractivity (Wildman–Crippen MR) is 123 cm³/mol. The molecule has 0 saturated carbocycles. The Bertz CT molecular complexity index is 1190. The first-order valence-corrected chi connectivity index (χ1v) is 10.1. The van der Waals surface area contributed by atoms with E-state index in [1.807, 2.05) is 0 Å². The number of rotatable bonds is 5. The summed E-state index contributed by atoms with van der Waals surface area (Å²) in [5.74, 6) is -2.06. The zero-order valence-electron chi connectivity index (χ0n) is 16.8. The minimum Gasteiger partial charge on any atom is -0.423 e. The Labute approximate surface area is 194 Å². The maximum absolute atomic E-state index is 12.2. The molecule has 0 bridgehead atoms. The van der Waals surface area contributed by atoms with Crippen LogP contribution >= 0.6 is 23.2 Å². The van der Waals surface area contributed by atoms with E-state index in [2.05, 4.69) is 15.8 Å². The van der Waals surface area contributed by atoms with Crippen LogP contribution < -0.4 is 15.5 Å². The molecule has 3 aromatic carbocycles. The largest absolute Gasteiger partial charge is 0.423 e. The topological polar surface area (TPSA) is 96.9 Å². The number of carbonyl (C=O) groups excluding carboxylic acids is 3. The minimum absolute atomic E-state index is 0.310. The zero-order valence-corrected chi connectivity index (χ0v) is 18.3. The standard InChI is InChI=1S/C23H17Cl2N3O4/c1-14(27-28-22(30)21(29)26-20-8-3-2-7-19(20)25)15-9-11-18(12-10-15)32-23(31)16-5-4-6-17(24)13-16/h2-13H,1H3,(H,26,29)(H,28,30)/b27-14+. The molecule has 3 aromatic rings. The highest BCUT2D eigenvalue weighted by Gasteiger charge is 2.15. The van der Waals surface area contributed by atoms with E-state index in [1.165, 1.54) is 6.07 Å². The van der Waals surface area contributed by atoms with E-state index in [4.69, 9.17) is 27.9 Å². The fourth-order valence-electron chi connectivity index (χ4n) is 2.54. The zero-order chi connectivity index (χ0) is 23.1. The van der Waals surface area contributed by atoms with Crippen LogP contribution in [0.15, 0.2) is 77.9 Å². The molecule has 0 unspecified atom stereocenters. The second-order valence-corrected chi connectivity index (χ2v) is 7.34. The van der Waals surface area contributed by atoms with E-state index >= 15 is 0 Å². The number of hydrogen-bond donors (Lipinski definition) is 2. The van der Waals surface area contributed by atoms with E-state index in [1.54, 1.807) is 73.7 Å². The predicted octanol–water partition coefficient (Wildman–Crippen LogP) is 4.69. The molecule has 32 heavy (non-hydrogen) atoms. The van der Waals surface area contributed by atoms with Gasteiger partial charge in [-0.1, -0.05) is 41.4 Å². The van der Waals surface area contributed by atoms with Crippen molar-refractivity contribution in [3.63, 3.8) is 0 Å². The van der Waals surface area contributed by atoms with Crippen LogP contribution in [0.2, 0.25) is 10.0 Å². The maximum atomic E-state index is 12.2. The van der Waals surface area contributed by atoms with Crippen molar-refractivity contribution in [3.05, 3.63) is 94.0 Å². The number of ether oxygens (including phenoxy) is 1. The molecule has 9 heteroatoms. The molecule has 3 rings (SSSR count). The average molecular weight is 470 g/mol. The monoisotopic (exact) mass is 469 g/mol. The van der Waals surface area contributed by atoms with Gasteiger partial charge < -0.3 is 10.1 Å². The van der Waals surface area contributed by atoms with Crippen molar-refractivity contribution in [1.82, 2.24) is 5.43 Å². The van der Waals surface area contributed by atoms with Gasteiger partial charge in [0.15, 0.2) is 0 Å². The molecule has 2 N–H and O–H groups in total. The summed E-state index contributed by atoms with van der Waals surface area (Å²) in [6.45, 7) is 1.65. The number of halogens is 2. The van der Waals surface area contributed by atoms with Gasteiger partial charge in [0, 0.05) is 5.02 Å². The molecular formula is C23H17Cl2N3O4. The second-order valence-electron chi connectivity index (χ2n) is 6.50. The van der Waals surface area contributed by atoms with Gasteiger partial charge in [0.05, 0.1) is 22.0 Å². The first kappa shape index (κ1) is 23.0. The lowest BCUT2D eigenvalue weighted by Crippen LogP contribution is -2.33. The SMILES string of the molecule is C/C(=N\NC(=O)C(=O)Nc1ccccc1Cl)c1ccc(OC(=O)c2cccc(Cl)c2)cc1. The van der Waals surface area contributed by atoms with Gasteiger partial charge in [-0.25, -0.2) is 10.2 Å². The summed E-state index contributed by atoms with van der Waals surface area (Å²) in [7, 11) is 0. The van der Waals surface area contributed by atoms with Crippen LogP contribution in [0.3, 0.4) is 0 Å². The second kappa shape index (κ2) is 10.6. The first-order valence-electron chi connectivity index (χ1n) is 9.32. The number of benzene rings is 3. The van der Waals surface area contributed by atoms with E-state index in [9.17, 15) is 14.4 Å². The number of amides is 2. The van der Waals surface area contributed by atoms with Gasteiger partial charge >= 0.3 is 17.8 Å². The van der Waals surface area contributed by atoms with Crippen molar-refractivity contribution in [2.75, 3.05) is 5.32 Å². The Kier molecular flexibility index (Phi) is 7.59. The van der Waals surface area contributed by atoms with Crippen molar-refractivity contribution in [2.45, 2.75) is 6.92 Å². The van der Waals surface area contributed by atoms with Crippen LogP contribution in [0.5, 0.6) is 5.75 Å². The summed E-state index contributed by atoms with van der Waals surface area (Å²) in [5, 5.41) is 7.08. The molecule has 0 aromatic heterocycles. The van der Waals surface area contributed by atoms with Crippen molar-refractivity contribution >= 4 is 52.4 Å². The van der Waals surface area contributed by atoms with Crippen molar-refractivity contribution in [1.29, 1.82) is 0 Å². The molecule has 0 radical (unpaired) electrons. The lowest BCUT2D eigenvalue weighted by atomic mass is 10.1. The Balaban J connectivity index is 1.58. The average Bonchev–Trinajstić information content (AvgIpc) is 2.79. The van der Waals surface area contributed by atoms with Gasteiger partial charge in [0.2, 0.25) is 0 Å². The number of nitrogens with one attached hydrogen (secondary N) is 2. The summed E-state index contributed by atoms with van der Waals surface area (Å²) in [5.41, 5.74) is 3.93. The molecule has 2 amide bonds. The first-order chi connectivity index (χ1) is 15.3. The van der Waals surface area contributed by atoms with Crippen molar-refractivity contribution in [2.24, 2.45) is 5.10 Å². The third-order valence-electron chi connectivity index (χ3n) is 4.20. The Morgan fingerprint density at radius 1 is 0.844 bits per heavy atom. The third kappa shape index (κ3) is 6.16. The van der Waals surface area contributed by atoms with Crippen molar-refractivity contribution < 1.29 is 19.1 Å². The number of hydrazone groups is 1. The molecule has 0 heterocycles. The number of esters is 1. The van der Waals surface area contributed by atoms with Gasteiger partial charge in [0.1, 0.15) is 5.75 Å². The molecule has 162 valence electrons. The molecule has 0 saturated heterocycles. The molecule has 0 aliphatic rings. The summed E-state index contributed by atoms with van der Waals surface area (Å²) in [6, 6.07) is 19.5. The molecule has 0 aliphatic carbocycles. The highest BCUT2D eigenvalue weighted by molar-refractivity contribution is 6.41. The normalized spacial score (nSPS) is 10.9. The number of anilines is 1. The van der Waals surface area contributed by atoms with Crippen LogP contribution in [0.1, 0.15) is 22.8 Å². The van der Waals surface area contributed by atoms with Crippen LogP contribution in [0.25, 0.3) is 0 Å². The minimum atomic E-state index is -0.948. The van der Waals surface area contributed by atoms with E-state index in [-0.39, 0.29) is 0 Å². The van der Waals surface area contributed by atoms with Crippen LogP contribution in [0.4, 0.5) is 5.69 Å². The lowest BCUT2D eigenvalue weighted by molar-refractivity contribution is -0.136. The molecule has 0 atom stereocenters. The van der Waals surface area contributed by atoms with E-state index in [0.717, 1.165) is 0 Å². The Morgan fingerprint density at radius 3 is 2.25 bits per heavy atom. The van der Waals surface area contributed by atoms with Crippen LogP contribution in [-0.4, -0.2) is 23.5 Å². The highest BCUT2D eigenvalue weighted by Crippen LogP contribution is 2.20. The van der Waals surface area contributed by atoms with E-state index < -0.39 is 17.8 Å². The van der Waals surface area contributed by atoms with Crippen molar-refractivity contribution in [3.8, 4) is 5.75 Å². The van der Waals surface area contributed by atoms with Crippen LogP contribution in [-0.2, 0) is 9.59 Å². The smallest absolute Gasteiger partial charge is 0.343 e. The summed E-state index contributed by atoms with van der Waals surface area (Å²) < 4.78 is 5.32. The quantitative estimate of drug-likeness (QED) is 0.186. The van der Waals surface area contributed by atoms with Gasteiger partial charge in [0.25, 0.3) is 0 Å². The summed E-state index contributed by atoms with van der Waals surface area (Å²) >= 11 is 11.8. The number of nitrogens with zero attached hydrogens (tertiary/aromatic N) is 1. The van der Waals surface area contributed by atoms with Gasteiger partial charge in [-0.05, 0) is 67.1 Å². The number of hydrogen-bond acceptors (Lipinski definition) is 5. The fraction of sp³-hybridized carbons (Fsp3) is 0.0435. The number of carbonyl (C=O) groups is 3. The lowest BCUT2D eigenvalue weighted by Gasteiger charge is -2.07. The highest BCUT2D eigenvalue weighted by atomic mass is 35.5. The molecular weight excluding hydrogens is 453 g/mol. The van der Waals surface area contributed by atoms with Gasteiger partial charge in [-0.2, -0.15) is 5.10 Å². The Morgan fingerprint density at radius 2 is 1.56 bits per heavy atom. The van der Waals surface area contributed by atoms with Gasteiger partial charge in [-0.3, -0.25) is 9.59 Å². The summed E-state index contributed by atoms with van der Waals surface area (Å²) in [6.07, 6.45) is 0. The molecule has 0 spiro atoms. The summed E-state index contributed by atoms with van der Waals surface area (Å²) in [4.78, 5) is 36.2. The van der Waals surface area contributed by atoms with E-state index in [0.29, 0.717) is 38.3 Å². The Hall–Kier alpha value is -3.68. The molecule has 0 aliphatic heterocycles. The molecule has 0 fully saturated rings. The number of para-hydroxylation sites is 1. The molecule has 7 nitrogen and oxygen atoms in total. The fourth-order valence-corrected chi connectivity index (χ4v) is 2.91. The van der Waals surface area contributed by atoms with Gasteiger partial charge in [-0.15, -0.1) is 0 Å². The third-order valence-corrected chi connectivity index (χ3v) is 4.76.